The first-order valence-corrected chi connectivity index (χ1v) is 12.3. The van der Waals surface area contributed by atoms with Crippen LogP contribution in [0, 0.1) is 27.7 Å². The van der Waals surface area contributed by atoms with Gasteiger partial charge in [-0.05, 0) is 87.1 Å². The first-order chi connectivity index (χ1) is 16.1. The van der Waals surface area contributed by atoms with Gasteiger partial charge in [0.15, 0.2) is 13.2 Å². The number of amides is 2. The molecule has 1 saturated carbocycles. The Bertz CT molecular complexity index is 928. The van der Waals surface area contributed by atoms with Gasteiger partial charge in [0.2, 0.25) is 0 Å². The number of rotatable bonds is 8. The summed E-state index contributed by atoms with van der Waals surface area (Å²) in [5, 5.41) is 7.43. The lowest BCUT2D eigenvalue weighted by molar-refractivity contribution is -0.127. The Kier molecular flexibility index (Phi) is 9.09. The van der Waals surface area contributed by atoms with Crippen molar-refractivity contribution in [3.8, 4) is 11.5 Å². The Morgan fingerprint density at radius 3 is 1.38 bits per heavy atom. The highest BCUT2D eigenvalue weighted by Crippen LogP contribution is 2.27. The number of ether oxygens (including phenoxy) is 2. The number of benzene rings is 2. The standard InChI is InChI=1S/C26H32Cl2N2O4/c1-15-9-19(10-16(2)25(15)27)33-13-23(31)29-21-7-5-6-8-22(21)30-24(32)14-34-20-11-17(3)26(28)18(4)12-20/h9-12,21-22H,5-8,13-14H2,1-4H3,(H,29,31)(H,30,32)/t21-,22-/m0/s1. The molecule has 2 aromatic rings. The molecule has 0 unspecified atom stereocenters. The zero-order chi connectivity index (χ0) is 24.8. The first-order valence-electron chi connectivity index (χ1n) is 11.5. The van der Waals surface area contributed by atoms with Gasteiger partial charge in [-0.1, -0.05) is 36.0 Å². The van der Waals surface area contributed by atoms with Gasteiger partial charge < -0.3 is 20.1 Å². The zero-order valence-electron chi connectivity index (χ0n) is 20.1. The van der Waals surface area contributed by atoms with E-state index < -0.39 is 0 Å². The van der Waals surface area contributed by atoms with Crippen molar-refractivity contribution in [2.45, 2.75) is 65.5 Å². The van der Waals surface area contributed by atoms with Crippen molar-refractivity contribution in [3.05, 3.63) is 56.6 Å². The van der Waals surface area contributed by atoms with E-state index in [0.29, 0.717) is 21.5 Å². The number of carbonyl (C=O) groups is 2. The van der Waals surface area contributed by atoms with E-state index in [4.69, 9.17) is 32.7 Å². The van der Waals surface area contributed by atoms with Crippen LogP contribution in [-0.4, -0.2) is 37.1 Å². The molecular formula is C26H32Cl2N2O4. The van der Waals surface area contributed by atoms with Crippen LogP contribution in [-0.2, 0) is 9.59 Å². The summed E-state index contributed by atoms with van der Waals surface area (Å²) in [5.74, 6) is 0.764. The number of hydrogen-bond donors (Lipinski definition) is 2. The van der Waals surface area contributed by atoms with Crippen molar-refractivity contribution in [2.24, 2.45) is 0 Å². The van der Waals surface area contributed by atoms with Gasteiger partial charge in [-0.25, -0.2) is 0 Å². The molecule has 0 heterocycles. The molecule has 2 aromatic carbocycles. The van der Waals surface area contributed by atoms with Crippen molar-refractivity contribution < 1.29 is 19.1 Å². The number of halogens is 2. The summed E-state index contributed by atoms with van der Waals surface area (Å²) in [6, 6.07) is 6.96. The molecule has 1 aliphatic rings. The minimum atomic E-state index is -0.222. The largest absolute Gasteiger partial charge is 0.484 e. The van der Waals surface area contributed by atoms with Crippen molar-refractivity contribution in [3.63, 3.8) is 0 Å². The van der Waals surface area contributed by atoms with E-state index in [0.717, 1.165) is 47.9 Å². The second-order valence-corrected chi connectivity index (χ2v) is 9.71. The van der Waals surface area contributed by atoms with Crippen molar-refractivity contribution in [1.29, 1.82) is 0 Å². The van der Waals surface area contributed by atoms with Crippen molar-refractivity contribution in [2.75, 3.05) is 13.2 Å². The molecular weight excluding hydrogens is 475 g/mol. The Balaban J connectivity index is 1.50. The van der Waals surface area contributed by atoms with Gasteiger partial charge in [0.05, 0.1) is 0 Å². The third-order valence-electron chi connectivity index (χ3n) is 6.02. The van der Waals surface area contributed by atoms with Gasteiger partial charge in [-0.2, -0.15) is 0 Å². The summed E-state index contributed by atoms with van der Waals surface area (Å²) in [7, 11) is 0. The highest BCUT2D eigenvalue weighted by Gasteiger charge is 2.28. The summed E-state index contributed by atoms with van der Waals surface area (Å²) in [6.45, 7) is 7.40. The molecule has 0 aliphatic heterocycles. The number of hydrogen-bond acceptors (Lipinski definition) is 4. The van der Waals surface area contributed by atoms with E-state index in [-0.39, 0.29) is 37.1 Å². The molecule has 3 rings (SSSR count). The van der Waals surface area contributed by atoms with Crippen LogP contribution in [0.15, 0.2) is 24.3 Å². The lowest BCUT2D eigenvalue weighted by Gasteiger charge is -2.32. The summed E-state index contributed by atoms with van der Waals surface area (Å²) in [6.07, 6.45) is 3.58. The highest BCUT2D eigenvalue weighted by atomic mass is 35.5. The third-order valence-corrected chi connectivity index (χ3v) is 7.21. The number of nitrogens with one attached hydrogen (secondary N) is 2. The molecule has 0 spiro atoms. The molecule has 184 valence electrons. The molecule has 2 amide bonds. The highest BCUT2D eigenvalue weighted by molar-refractivity contribution is 6.32. The summed E-state index contributed by atoms with van der Waals surface area (Å²) in [4.78, 5) is 25.1. The van der Waals surface area contributed by atoms with Gasteiger partial charge >= 0.3 is 0 Å². The number of aryl methyl sites for hydroxylation is 4. The monoisotopic (exact) mass is 506 g/mol. The lowest BCUT2D eigenvalue weighted by Crippen LogP contribution is -2.54. The maximum absolute atomic E-state index is 12.5. The third kappa shape index (κ3) is 7.03. The molecule has 2 atom stereocenters. The fraction of sp³-hybridized carbons (Fsp3) is 0.462. The second-order valence-electron chi connectivity index (χ2n) is 8.95. The summed E-state index contributed by atoms with van der Waals surface area (Å²) < 4.78 is 11.3. The Labute approximate surface area is 211 Å². The van der Waals surface area contributed by atoms with Gasteiger partial charge in [-0.15, -0.1) is 0 Å². The zero-order valence-corrected chi connectivity index (χ0v) is 21.6. The predicted octanol–water partition coefficient (Wildman–Crippen LogP) is 5.23. The molecule has 2 N–H and O–H groups in total. The molecule has 1 aliphatic carbocycles. The maximum Gasteiger partial charge on any atom is 0.258 e. The fourth-order valence-corrected chi connectivity index (χ4v) is 4.47. The summed E-state index contributed by atoms with van der Waals surface area (Å²) >= 11 is 12.4. The van der Waals surface area contributed by atoms with Crippen LogP contribution >= 0.6 is 23.2 Å². The van der Waals surface area contributed by atoms with Crippen LogP contribution in [0.3, 0.4) is 0 Å². The normalized spacial score (nSPS) is 17.7. The minimum absolute atomic E-state index is 0.101. The molecule has 6 nitrogen and oxygen atoms in total. The van der Waals surface area contributed by atoms with E-state index in [1.807, 2.05) is 52.0 Å². The van der Waals surface area contributed by atoms with E-state index in [1.165, 1.54) is 0 Å². The molecule has 0 aromatic heterocycles. The molecule has 1 fully saturated rings. The maximum atomic E-state index is 12.5. The van der Waals surface area contributed by atoms with E-state index in [2.05, 4.69) is 10.6 Å². The van der Waals surface area contributed by atoms with Crippen molar-refractivity contribution >= 4 is 35.0 Å². The number of carbonyl (C=O) groups excluding carboxylic acids is 2. The van der Waals surface area contributed by atoms with Crippen LogP contribution in [0.1, 0.15) is 47.9 Å². The molecule has 0 radical (unpaired) electrons. The molecule has 0 saturated heterocycles. The Morgan fingerprint density at radius 1 is 0.735 bits per heavy atom. The van der Waals surface area contributed by atoms with Gasteiger partial charge in [0.1, 0.15) is 11.5 Å². The predicted molar refractivity (Wildman–Crippen MR) is 135 cm³/mol. The lowest BCUT2D eigenvalue weighted by atomic mass is 9.90. The van der Waals surface area contributed by atoms with Crippen LogP contribution in [0.5, 0.6) is 11.5 Å². The van der Waals surface area contributed by atoms with Gasteiger partial charge in [0.25, 0.3) is 11.8 Å². The smallest absolute Gasteiger partial charge is 0.258 e. The average molecular weight is 507 g/mol. The van der Waals surface area contributed by atoms with Gasteiger partial charge in [0, 0.05) is 22.1 Å². The van der Waals surface area contributed by atoms with Crippen LogP contribution in [0.4, 0.5) is 0 Å². The van der Waals surface area contributed by atoms with Crippen molar-refractivity contribution in [1.82, 2.24) is 10.6 Å². The minimum Gasteiger partial charge on any atom is -0.484 e. The first kappa shape index (κ1) is 26.2. The van der Waals surface area contributed by atoms with Crippen LogP contribution < -0.4 is 20.1 Å². The summed E-state index contributed by atoms with van der Waals surface area (Å²) in [5.41, 5.74) is 3.60. The van der Waals surface area contributed by atoms with Gasteiger partial charge in [-0.3, -0.25) is 9.59 Å². The van der Waals surface area contributed by atoms with E-state index in [9.17, 15) is 9.59 Å². The topological polar surface area (TPSA) is 76.7 Å². The molecule has 0 bridgehead atoms. The average Bonchev–Trinajstić information content (AvgIpc) is 2.79. The van der Waals surface area contributed by atoms with E-state index >= 15 is 0 Å². The molecule has 8 heteroatoms. The molecule has 34 heavy (non-hydrogen) atoms. The van der Waals surface area contributed by atoms with Crippen LogP contribution in [0.2, 0.25) is 10.0 Å². The fourth-order valence-electron chi connectivity index (χ4n) is 4.25. The Morgan fingerprint density at radius 2 is 1.06 bits per heavy atom. The van der Waals surface area contributed by atoms with Crippen LogP contribution in [0.25, 0.3) is 0 Å². The Hall–Kier alpha value is -2.44. The van der Waals surface area contributed by atoms with E-state index in [1.54, 1.807) is 0 Å². The SMILES string of the molecule is Cc1cc(OCC(=O)N[C@H]2CCCC[C@@H]2NC(=O)COc2cc(C)c(Cl)c(C)c2)cc(C)c1Cl. The quantitative estimate of drug-likeness (QED) is 0.513. The second kappa shape index (κ2) is 11.8.